The number of fused-ring (bicyclic) bond motifs is 4. The van der Waals surface area contributed by atoms with Crippen molar-refractivity contribution in [3.63, 3.8) is 0 Å². The van der Waals surface area contributed by atoms with Gasteiger partial charge in [0.15, 0.2) is 5.72 Å². The van der Waals surface area contributed by atoms with E-state index >= 15 is 0 Å². The summed E-state index contributed by atoms with van der Waals surface area (Å²) in [6.07, 6.45) is -0.985. The average Bonchev–Trinajstić information content (AvgIpc) is 3.42. The van der Waals surface area contributed by atoms with E-state index in [1.165, 1.54) is 7.11 Å². The molecule has 1 aromatic carbocycles. The van der Waals surface area contributed by atoms with Crippen LogP contribution in [0.1, 0.15) is 6.92 Å². The molecule has 3 heterocycles. The molecule has 13 heteroatoms. The van der Waals surface area contributed by atoms with Crippen molar-refractivity contribution in [2.75, 3.05) is 36.9 Å². The minimum atomic E-state index is -2.47. The third-order valence-electron chi connectivity index (χ3n) is 7.19. The molecule has 186 valence electrons. The largest absolute Gasteiger partial charge is 0.755 e. The molecule has 0 aromatic heterocycles. The summed E-state index contributed by atoms with van der Waals surface area (Å²) in [5, 5.41) is 3.32. The number of anilines is 2. The lowest BCUT2D eigenvalue weighted by molar-refractivity contribution is -0.137. The monoisotopic (exact) mass is 502 g/mol. The van der Waals surface area contributed by atoms with Crippen molar-refractivity contribution in [2.24, 2.45) is 11.7 Å². The van der Waals surface area contributed by atoms with Gasteiger partial charge >= 0.3 is 6.09 Å². The number of nitrogens with zero attached hydrogens (tertiary/aromatic N) is 2. The van der Waals surface area contributed by atoms with E-state index in [0.717, 1.165) is 0 Å². The summed E-state index contributed by atoms with van der Waals surface area (Å²) in [5.41, 5.74) is 6.06. The van der Waals surface area contributed by atoms with E-state index in [2.05, 4.69) is 10.0 Å². The van der Waals surface area contributed by atoms with Gasteiger partial charge in [-0.2, -0.15) is 0 Å². The molecule has 2 fully saturated rings. The van der Waals surface area contributed by atoms with E-state index in [1.807, 2.05) is 4.90 Å². The Hall–Kier alpha value is -3.26. The number of piperazine rings is 1. The number of likely N-dealkylation sites (N-methyl/N-ethyl adjacent to an activating group) is 1. The molecular weight excluding hydrogens is 478 g/mol. The minimum absolute atomic E-state index is 0.104. The number of Topliss-reactive ketones (excluding diaryl/α,β-unsaturated/α-hetero) is 2. The number of primary amides is 1. The SMILES string of the molecule is COC12C(COC(N)=O)C3=C(C(=O)C(C)=C(N(C)c4ccc(NS(=O)[O-])cc4)C3=O)N1CC1NC12. The summed E-state index contributed by atoms with van der Waals surface area (Å²) < 4.78 is 35.1. The van der Waals surface area contributed by atoms with Crippen LogP contribution in [-0.2, 0) is 30.3 Å². The maximum Gasteiger partial charge on any atom is 0.404 e. The van der Waals surface area contributed by atoms with E-state index in [4.69, 9.17) is 15.2 Å². The molecule has 5 rings (SSSR count). The Balaban J connectivity index is 1.53. The lowest BCUT2D eigenvalue weighted by Crippen LogP contribution is -2.55. The predicted octanol–water partition coefficient (Wildman–Crippen LogP) is -0.267. The first kappa shape index (κ1) is 23.5. The topological polar surface area (TPSA) is 176 Å². The third-order valence-corrected chi connectivity index (χ3v) is 7.59. The maximum atomic E-state index is 14.0. The van der Waals surface area contributed by atoms with Crippen LogP contribution < -0.4 is 20.7 Å². The van der Waals surface area contributed by atoms with E-state index < -0.39 is 29.0 Å². The summed E-state index contributed by atoms with van der Waals surface area (Å²) >= 11 is -2.47. The van der Waals surface area contributed by atoms with Gasteiger partial charge in [-0.3, -0.25) is 13.8 Å². The van der Waals surface area contributed by atoms with Crippen LogP contribution in [0.2, 0.25) is 0 Å². The van der Waals surface area contributed by atoms with Gasteiger partial charge in [-0.25, -0.2) is 4.79 Å². The molecule has 12 nitrogen and oxygen atoms in total. The van der Waals surface area contributed by atoms with Crippen LogP contribution in [0.4, 0.5) is 16.2 Å². The van der Waals surface area contributed by atoms with Gasteiger partial charge in [0.2, 0.25) is 11.6 Å². The van der Waals surface area contributed by atoms with Crippen LogP contribution in [-0.4, -0.2) is 76.4 Å². The van der Waals surface area contributed by atoms with Crippen LogP contribution in [0.5, 0.6) is 0 Å². The molecule has 3 aliphatic heterocycles. The van der Waals surface area contributed by atoms with Gasteiger partial charge < -0.3 is 39.6 Å². The van der Waals surface area contributed by atoms with E-state index in [0.29, 0.717) is 17.9 Å². The molecule has 4 N–H and O–H groups in total. The number of hydrogen-bond acceptors (Lipinski definition) is 10. The quantitative estimate of drug-likeness (QED) is 0.256. The van der Waals surface area contributed by atoms with Crippen molar-refractivity contribution in [1.29, 1.82) is 0 Å². The number of carbonyl (C=O) groups is 3. The van der Waals surface area contributed by atoms with Crippen LogP contribution in [0, 0.1) is 5.92 Å². The molecule has 1 aliphatic carbocycles. The van der Waals surface area contributed by atoms with Gasteiger partial charge in [-0.05, 0) is 31.2 Å². The number of nitrogens with one attached hydrogen (secondary N) is 2. The Bertz CT molecular complexity index is 1230. The van der Waals surface area contributed by atoms with E-state index in [9.17, 15) is 23.1 Å². The Kier molecular flexibility index (Phi) is 5.47. The highest BCUT2D eigenvalue weighted by atomic mass is 32.2. The van der Waals surface area contributed by atoms with Crippen molar-refractivity contribution in [2.45, 2.75) is 24.7 Å². The van der Waals surface area contributed by atoms with Crippen molar-refractivity contribution in [3.05, 3.63) is 46.8 Å². The number of methoxy groups -OCH3 is 1. The number of carbonyl (C=O) groups excluding carboxylic acids is 3. The van der Waals surface area contributed by atoms with Gasteiger partial charge in [0.25, 0.3) is 0 Å². The summed E-state index contributed by atoms with van der Waals surface area (Å²) in [6.45, 7) is 1.87. The van der Waals surface area contributed by atoms with Gasteiger partial charge in [-0.1, -0.05) is 0 Å². The molecule has 1 amide bonds. The molecular formula is C22H24N5O7S-. The Labute approximate surface area is 203 Å². The summed E-state index contributed by atoms with van der Waals surface area (Å²) in [6, 6.07) is 6.33. The van der Waals surface area contributed by atoms with E-state index in [1.54, 1.807) is 43.1 Å². The number of allylic oxidation sites excluding steroid dienone is 2. The lowest BCUT2D eigenvalue weighted by atomic mass is 9.82. The molecule has 5 unspecified atom stereocenters. The highest BCUT2D eigenvalue weighted by Gasteiger charge is 2.72. The van der Waals surface area contributed by atoms with Crippen LogP contribution >= 0.6 is 0 Å². The first-order valence-electron chi connectivity index (χ1n) is 10.9. The van der Waals surface area contributed by atoms with Gasteiger partial charge in [0.1, 0.15) is 6.61 Å². The molecule has 5 atom stereocenters. The number of ether oxygens (including phenoxy) is 2. The molecule has 0 radical (unpaired) electrons. The normalized spacial score (nSPS) is 29.6. The molecule has 2 saturated heterocycles. The fourth-order valence-corrected chi connectivity index (χ4v) is 5.99. The zero-order chi connectivity index (χ0) is 25.2. The maximum absolute atomic E-state index is 14.0. The zero-order valence-electron chi connectivity index (χ0n) is 19.2. The van der Waals surface area contributed by atoms with Gasteiger partial charge in [0, 0.05) is 60.5 Å². The number of amides is 1. The van der Waals surface area contributed by atoms with Crippen molar-refractivity contribution in [1.82, 2.24) is 10.2 Å². The Morgan fingerprint density at radius 2 is 2.03 bits per heavy atom. The second-order valence-electron chi connectivity index (χ2n) is 8.84. The van der Waals surface area contributed by atoms with Crippen LogP contribution in [0.25, 0.3) is 0 Å². The number of ketones is 2. The zero-order valence-corrected chi connectivity index (χ0v) is 20.0. The van der Waals surface area contributed by atoms with Crippen LogP contribution in [0.3, 0.4) is 0 Å². The summed E-state index contributed by atoms with van der Waals surface area (Å²) in [5.74, 6) is -1.40. The lowest BCUT2D eigenvalue weighted by Gasteiger charge is -2.39. The molecule has 0 saturated carbocycles. The van der Waals surface area contributed by atoms with Gasteiger partial charge in [0.05, 0.1) is 23.4 Å². The highest BCUT2D eigenvalue weighted by Crippen LogP contribution is 2.56. The molecule has 0 spiro atoms. The average molecular weight is 503 g/mol. The number of benzene rings is 1. The standard InChI is InChI=1S/C22H25N5O7S/c1-10-16(26(2)12-6-4-11(5-7-12)25-35(31)32)19(29)15-13(9-34-21(23)30)22(33-3)20-14(24-20)8-27(22)17(15)18(10)28/h4-7,13-14,20,24-25H,8-9H2,1-3H3,(H2,23,30)(H,31,32)/p-1. The third kappa shape index (κ3) is 3.37. The predicted molar refractivity (Wildman–Crippen MR) is 123 cm³/mol. The first-order chi connectivity index (χ1) is 16.6. The second-order valence-corrected chi connectivity index (χ2v) is 9.51. The smallest absolute Gasteiger partial charge is 0.404 e. The van der Waals surface area contributed by atoms with Gasteiger partial charge in [-0.15, -0.1) is 0 Å². The molecule has 1 aromatic rings. The Morgan fingerprint density at radius 3 is 2.63 bits per heavy atom. The second kappa shape index (κ2) is 8.16. The number of rotatable bonds is 7. The Morgan fingerprint density at radius 1 is 1.34 bits per heavy atom. The summed E-state index contributed by atoms with van der Waals surface area (Å²) in [4.78, 5) is 42.5. The number of hydrogen-bond donors (Lipinski definition) is 3. The molecule has 4 aliphatic rings. The summed E-state index contributed by atoms with van der Waals surface area (Å²) in [7, 11) is 3.16. The highest BCUT2D eigenvalue weighted by molar-refractivity contribution is 7.80. The molecule has 35 heavy (non-hydrogen) atoms. The van der Waals surface area contributed by atoms with E-state index in [-0.39, 0.29) is 52.8 Å². The number of nitrogens with two attached hydrogens (primary N) is 1. The van der Waals surface area contributed by atoms with Crippen molar-refractivity contribution >= 4 is 40.3 Å². The van der Waals surface area contributed by atoms with Crippen molar-refractivity contribution in [3.8, 4) is 0 Å². The fourth-order valence-electron chi connectivity index (χ4n) is 5.66. The minimum Gasteiger partial charge on any atom is -0.755 e. The molecule has 0 bridgehead atoms. The first-order valence-corrected chi connectivity index (χ1v) is 11.9. The fraction of sp³-hybridized carbons (Fsp3) is 0.409. The van der Waals surface area contributed by atoms with Crippen molar-refractivity contribution < 1.29 is 32.6 Å². The van der Waals surface area contributed by atoms with Crippen LogP contribution in [0.15, 0.2) is 46.8 Å².